The number of aromatic nitrogens is 3. The summed E-state index contributed by atoms with van der Waals surface area (Å²) in [5, 5.41) is 5.54. The van der Waals surface area contributed by atoms with E-state index in [0.717, 1.165) is 6.92 Å². The number of alkyl halides is 2. The van der Waals surface area contributed by atoms with E-state index in [-0.39, 0.29) is 17.5 Å². The van der Waals surface area contributed by atoms with Gasteiger partial charge in [-0.25, -0.2) is 15.0 Å². The van der Waals surface area contributed by atoms with Crippen LogP contribution in [0.3, 0.4) is 0 Å². The van der Waals surface area contributed by atoms with Crippen molar-refractivity contribution in [3.05, 3.63) is 41.6 Å². The van der Waals surface area contributed by atoms with Gasteiger partial charge in [0.1, 0.15) is 11.6 Å². The highest BCUT2D eigenvalue weighted by atomic mass is 19.3. The van der Waals surface area contributed by atoms with Gasteiger partial charge in [0, 0.05) is 43.4 Å². The number of pyridine rings is 1. The van der Waals surface area contributed by atoms with E-state index < -0.39 is 11.7 Å². The predicted molar refractivity (Wildman–Crippen MR) is 110 cm³/mol. The maximum Gasteiger partial charge on any atom is 0.303 e. The Kier molecular flexibility index (Phi) is 6.81. The van der Waals surface area contributed by atoms with Gasteiger partial charge in [-0.15, -0.1) is 0 Å². The molecule has 1 amide bonds. The van der Waals surface area contributed by atoms with Crippen molar-refractivity contribution < 1.29 is 13.6 Å². The lowest BCUT2D eigenvalue weighted by Crippen LogP contribution is -2.15. The van der Waals surface area contributed by atoms with Crippen molar-refractivity contribution >= 4 is 42.4 Å². The molecule has 152 valence electrons. The Hall–Kier alpha value is -3.56. The van der Waals surface area contributed by atoms with Gasteiger partial charge in [0.15, 0.2) is 0 Å². The summed E-state index contributed by atoms with van der Waals surface area (Å²) in [6.45, 7) is 10.8. The number of anilines is 3. The number of nitrogens with one attached hydrogen (secondary N) is 2. The Bertz CT molecular complexity index is 968. The minimum absolute atomic E-state index is 0.157. The summed E-state index contributed by atoms with van der Waals surface area (Å²) >= 11 is 0. The number of hydrogen-bond donors (Lipinski definition) is 2. The molecule has 0 atom stereocenters. The molecule has 10 heteroatoms. The van der Waals surface area contributed by atoms with Gasteiger partial charge in [-0.3, -0.25) is 14.8 Å². The van der Waals surface area contributed by atoms with E-state index in [4.69, 9.17) is 0 Å². The van der Waals surface area contributed by atoms with Crippen LogP contribution in [0.25, 0.3) is 5.70 Å². The van der Waals surface area contributed by atoms with E-state index >= 15 is 0 Å². The maximum absolute atomic E-state index is 13.8. The molecular weight excluding hydrogens is 380 g/mol. The summed E-state index contributed by atoms with van der Waals surface area (Å²) in [4.78, 5) is 30.9. The van der Waals surface area contributed by atoms with Gasteiger partial charge in [-0.2, -0.15) is 8.78 Å². The highest BCUT2D eigenvalue weighted by Gasteiger charge is 2.29. The fourth-order valence-electron chi connectivity index (χ4n) is 2.37. The SMILES string of the molecule is C=N/C=C(\N=C)c1cnc(NC(C)=O)cc1Nc1cc(CC)nc(C(C)(F)F)n1. The molecule has 2 N–H and O–H groups in total. The van der Waals surface area contributed by atoms with Crippen LogP contribution in [0.4, 0.5) is 26.1 Å². The van der Waals surface area contributed by atoms with Crippen LogP contribution in [0.1, 0.15) is 37.9 Å². The molecule has 0 aliphatic heterocycles. The van der Waals surface area contributed by atoms with Crippen molar-refractivity contribution in [2.75, 3.05) is 10.6 Å². The molecule has 2 aromatic heterocycles. The zero-order valence-corrected chi connectivity index (χ0v) is 16.3. The minimum Gasteiger partial charge on any atom is -0.339 e. The van der Waals surface area contributed by atoms with Crippen LogP contribution in [0.2, 0.25) is 0 Å². The van der Waals surface area contributed by atoms with Crippen LogP contribution in [0, 0.1) is 0 Å². The van der Waals surface area contributed by atoms with Crippen LogP contribution >= 0.6 is 0 Å². The summed E-state index contributed by atoms with van der Waals surface area (Å²) in [5.41, 5.74) is 1.65. The fraction of sp³-hybridized carbons (Fsp3) is 0.263. The number of carbonyl (C=O) groups is 1. The zero-order valence-electron chi connectivity index (χ0n) is 16.3. The average Bonchev–Trinajstić information content (AvgIpc) is 2.65. The molecule has 0 unspecified atom stereocenters. The van der Waals surface area contributed by atoms with E-state index in [0.29, 0.717) is 29.1 Å². The van der Waals surface area contributed by atoms with Crippen LogP contribution in [-0.2, 0) is 17.1 Å². The zero-order chi connectivity index (χ0) is 21.6. The molecule has 0 bridgehead atoms. The van der Waals surface area contributed by atoms with Crippen LogP contribution in [0.15, 0.2) is 34.5 Å². The second-order valence-electron chi connectivity index (χ2n) is 6.09. The van der Waals surface area contributed by atoms with Gasteiger partial charge in [-0.05, 0) is 19.9 Å². The molecule has 0 saturated carbocycles. The third-order valence-electron chi connectivity index (χ3n) is 3.66. The van der Waals surface area contributed by atoms with E-state index in [1.54, 1.807) is 13.0 Å². The van der Waals surface area contributed by atoms with Gasteiger partial charge >= 0.3 is 5.92 Å². The molecule has 2 rings (SSSR count). The molecule has 8 nitrogen and oxygen atoms in total. The number of hydrogen-bond acceptors (Lipinski definition) is 7. The number of carbonyl (C=O) groups excluding carboxylic acids is 1. The molecule has 0 aliphatic carbocycles. The standard InChI is InChI=1S/C19H21F2N7O/c1-6-12-7-17(28-18(26-12)19(3,20)21)27-14-8-16(25-11(2)29)24-9-13(14)15(23-5)10-22-4/h7-10H,4-6H2,1-3H3,(H2,24,25,26,27,28,29)/b15-10-. The van der Waals surface area contributed by atoms with Crippen molar-refractivity contribution in [3.63, 3.8) is 0 Å². The molecule has 0 spiro atoms. The molecule has 0 fully saturated rings. The highest BCUT2D eigenvalue weighted by Crippen LogP contribution is 2.30. The van der Waals surface area contributed by atoms with E-state index in [9.17, 15) is 13.6 Å². The summed E-state index contributed by atoms with van der Waals surface area (Å²) in [5.74, 6) is -3.70. The monoisotopic (exact) mass is 401 g/mol. The third kappa shape index (κ3) is 5.71. The Labute approximate surface area is 166 Å². The summed E-state index contributed by atoms with van der Waals surface area (Å²) in [7, 11) is 0. The van der Waals surface area contributed by atoms with Crippen LogP contribution < -0.4 is 10.6 Å². The van der Waals surface area contributed by atoms with Crippen LogP contribution in [-0.4, -0.2) is 34.3 Å². The topological polar surface area (TPSA) is 105 Å². The number of nitrogens with zero attached hydrogens (tertiary/aromatic N) is 5. The first-order valence-corrected chi connectivity index (χ1v) is 8.62. The third-order valence-corrected chi connectivity index (χ3v) is 3.66. The lowest BCUT2D eigenvalue weighted by Gasteiger charge is -2.16. The molecule has 29 heavy (non-hydrogen) atoms. The smallest absolute Gasteiger partial charge is 0.303 e. The highest BCUT2D eigenvalue weighted by molar-refractivity contribution is 5.89. The Morgan fingerprint density at radius 2 is 2.00 bits per heavy atom. The molecule has 0 aromatic carbocycles. The Morgan fingerprint density at radius 3 is 2.55 bits per heavy atom. The summed E-state index contributed by atoms with van der Waals surface area (Å²) in [6, 6.07) is 3.09. The number of rotatable bonds is 8. The first-order valence-electron chi connectivity index (χ1n) is 8.62. The van der Waals surface area contributed by atoms with E-state index in [1.165, 1.54) is 25.4 Å². The largest absolute Gasteiger partial charge is 0.339 e. The molecule has 0 radical (unpaired) electrons. The quantitative estimate of drug-likeness (QED) is 0.652. The van der Waals surface area contributed by atoms with Crippen LogP contribution in [0.5, 0.6) is 0 Å². The van der Waals surface area contributed by atoms with Crippen molar-refractivity contribution in [3.8, 4) is 0 Å². The molecule has 0 saturated heterocycles. The van der Waals surface area contributed by atoms with Crippen molar-refractivity contribution in [1.82, 2.24) is 15.0 Å². The fourth-order valence-corrected chi connectivity index (χ4v) is 2.37. The van der Waals surface area contributed by atoms with Gasteiger partial charge in [0.2, 0.25) is 11.7 Å². The molecule has 2 aromatic rings. The lowest BCUT2D eigenvalue weighted by molar-refractivity contribution is -0.114. The first-order chi connectivity index (χ1) is 13.7. The van der Waals surface area contributed by atoms with Gasteiger partial charge < -0.3 is 10.6 Å². The van der Waals surface area contributed by atoms with Crippen molar-refractivity contribution in [2.24, 2.45) is 9.98 Å². The van der Waals surface area contributed by atoms with Crippen molar-refractivity contribution in [2.45, 2.75) is 33.1 Å². The number of aryl methyl sites for hydroxylation is 1. The average molecular weight is 401 g/mol. The Balaban J connectivity index is 2.59. The van der Waals surface area contributed by atoms with E-state index in [1.807, 2.05) is 0 Å². The second-order valence-corrected chi connectivity index (χ2v) is 6.09. The van der Waals surface area contributed by atoms with Crippen molar-refractivity contribution in [1.29, 1.82) is 0 Å². The number of aliphatic imine (C=N–C) groups is 2. The lowest BCUT2D eigenvalue weighted by atomic mass is 10.1. The molecule has 0 aliphatic rings. The van der Waals surface area contributed by atoms with Gasteiger partial charge in [0.25, 0.3) is 0 Å². The van der Waals surface area contributed by atoms with Gasteiger partial charge in [-0.1, -0.05) is 6.92 Å². The minimum atomic E-state index is -3.20. The first kappa shape index (κ1) is 21.7. The Morgan fingerprint density at radius 1 is 1.28 bits per heavy atom. The predicted octanol–water partition coefficient (Wildman–Crippen LogP) is 3.95. The summed E-state index contributed by atoms with van der Waals surface area (Å²) < 4.78 is 27.6. The molecular formula is C19H21F2N7O. The second kappa shape index (κ2) is 9.09. The summed E-state index contributed by atoms with van der Waals surface area (Å²) in [6.07, 6.45) is 3.26. The number of amides is 1. The van der Waals surface area contributed by atoms with Gasteiger partial charge in [0.05, 0.1) is 17.6 Å². The van der Waals surface area contributed by atoms with E-state index in [2.05, 4.69) is 49.0 Å². The number of halogens is 2. The maximum atomic E-state index is 13.8. The normalized spacial score (nSPS) is 11.7. The molecule has 2 heterocycles.